The number of aromatic nitrogens is 1. The van der Waals surface area contributed by atoms with Gasteiger partial charge >= 0.3 is 12.0 Å². The van der Waals surface area contributed by atoms with Gasteiger partial charge in [-0.05, 0) is 43.7 Å². The SMILES string of the molecule is CC(=O)c1cccc(C2CCC(N(C)C(=O)Nc3ncc(SCC(=O)O)s3)C2)c1. The minimum atomic E-state index is -0.890. The highest BCUT2D eigenvalue weighted by Crippen LogP contribution is 2.37. The van der Waals surface area contributed by atoms with Gasteiger partial charge in [-0.2, -0.15) is 0 Å². The molecule has 1 aromatic carbocycles. The van der Waals surface area contributed by atoms with Crippen LogP contribution in [0.2, 0.25) is 0 Å². The molecule has 0 aliphatic heterocycles. The monoisotopic (exact) mass is 433 g/mol. The lowest BCUT2D eigenvalue weighted by atomic mass is 9.95. The third-order valence-corrected chi connectivity index (χ3v) is 7.17. The Labute approximate surface area is 177 Å². The van der Waals surface area contributed by atoms with Gasteiger partial charge in [0.15, 0.2) is 10.9 Å². The zero-order chi connectivity index (χ0) is 21.0. The zero-order valence-corrected chi connectivity index (χ0v) is 17.9. The summed E-state index contributed by atoms with van der Waals surface area (Å²) in [6, 6.07) is 7.64. The number of benzene rings is 1. The van der Waals surface area contributed by atoms with Crippen molar-refractivity contribution in [3.63, 3.8) is 0 Å². The third-order valence-electron chi connectivity index (χ3n) is 5.07. The number of thiazole rings is 1. The average molecular weight is 434 g/mol. The second kappa shape index (κ2) is 9.41. The number of ketones is 1. The normalized spacial score (nSPS) is 18.4. The van der Waals surface area contributed by atoms with E-state index in [1.54, 1.807) is 25.1 Å². The molecule has 0 spiro atoms. The molecule has 0 saturated heterocycles. The number of hydrogen-bond donors (Lipinski definition) is 2. The summed E-state index contributed by atoms with van der Waals surface area (Å²) in [5.41, 5.74) is 1.87. The predicted octanol–water partition coefficient (Wildman–Crippen LogP) is 4.32. The molecule has 1 heterocycles. The third kappa shape index (κ3) is 5.57. The van der Waals surface area contributed by atoms with Crippen LogP contribution in [0.15, 0.2) is 34.7 Å². The minimum Gasteiger partial charge on any atom is -0.481 e. The molecule has 1 aromatic heterocycles. The van der Waals surface area contributed by atoms with Crippen LogP contribution in [0.4, 0.5) is 9.93 Å². The Morgan fingerprint density at radius 3 is 2.86 bits per heavy atom. The number of rotatable bonds is 7. The van der Waals surface area contributed by atoms with Crippen LogP contribution >= 0.6 is 23.1 Å². The first-order valence-corrected chi connectivity index (χ1v) is 11.1. The van der Waals surface area contributed by atoms with E-state index in [1.807, 2.05) is 24.3 Å². The molecule has 1 aliphatic rings. The van der Waals surface area contributed by atoms with E-state index in [-0.39, 0.29) is 23.6 Å². The van der Waals surface area contributed by atoms with Crippen molar-refractivity contribution in [3.05, 3.63) is 41.6 Å². The molecule has 1 fully saturated rings. The van der Waals surface area contributed by atoms with Crippen LogP contribution in [0.5, 0.6) is 0 Å². The highest BCUT2D eigenvalue weighted by atomic mass is 32.2. The highest BCUT2D eigenvalue weighted by Gasteiger charge is 2.31. The number of thioether (sulfide) groups is 1. The number of Topliss-reactive ketones (excluding diaryl/α,β-unsaturated/α-hetero) is 1. The smallest absolute Gasteiger partial charge is 0.323 e. The Bertz CT molecular complexity index is 915. The molecule has 9 heteroatoms. The first-order valence-electron chi connectivity index (χ1n) is 9.28. The van der Waals surface area contributed by atoms with Gasteiger partial charge in [-0.3, -0.25) is 14.9 Å². The van der Waals surface area contributed by atoms with Crippen LogP contribution in [0.1, 0.15) is 48.0 Å². The summed E-state index contributed by atoms with van der Waals surface area (Å²) >= 11 is 2.44. The van der Waals surface area contributed by atoms with Gasteiger partial charge in [-0.15, -0.1) is 11.8 Å². The number of nitrogens with one attached hydrogen (secondary N) is 1. The minimum absolute atomic E-state index is 0.0379. The maximum Gasteiger partial charge on any atom is 0.323 e. The van der Waals surface area contributed by atoms with Crippen molar-refractivity contribution in [2.75, 3.05) is 18.1 Å². The van der Waals surface area contributed by atoms with Gasteiger partial charge in [0, 0.05) is 18.7 Å². The molecule has 154 valence electrons. The van der Waals surface area contributed by atoms with E-state index in [9.17, 15) is 14.4 Å². The van der Waals surface area contributed by atoms with Gasteiger partial charge in [-0.25, -0.2) is 9.78 Å². The first kappa shape index (κ1) is 21.3. The number of carboxylic acids is 1. The summed E-state index contributed by atoms with van der Waals surface area (Å²) < 4.78 is 0.747. The van der Waals surface area contributed by atoms with E-state index < -0.39 is 5.97 Å². The standard InChI is InChI=1S/C20H23N3O4S2/c1-12(24)13-4-3-5-14(8-13)15-6-7-16(9-15)23(2)20(27)22-19-21-10-18(29-19)28-11-17(25)26/h3-5,8,10,15-16H,6-7,9,11H2,1-2H3,(H,25,26)(H,21,22,27). The van der Waals surface area contributed by atoms with Crippen LogP contribution in [0.25, 0.3) is 0 Å². The maximum atomic E-state index is 12.6. The van der Waals surface area contributed by atoms with Crippen LogP contribution in [0, 0.1) is 0 Å². The van der Waals surface area contributed by atoms with Gasteiger partial charge in [0.25, 0.3) is 0 Å². The molecule has 7 nitrogen and oxygen atoms in total. The molecule has 2 unspecified atom stereocenters. The molecule has 3 rings (SSSR count). The summed E-state index contributed by atoms with van der Waals surface area (Å²) in [4.78, 5) is 40.7. The van der Waals surface area contributed by atoms with Crippen molar-refractivity contribution in [3.8, 4) is 0 Å². The van der Waals surface area contributed by atoms with E-state index in [2.05, 4.69) is 10.3 Å². The summed E-state index contributed by atoms with van der Waals surface area (Å²) in [5, 5.41) is 12.0. The molecule has 29 heavy (non-hydrogen) atoms. The number of nitrogens with zero attached hydrogens (tertiary/aromatic N) is 2. The van der Waals surface area contributed by atoms with Gasteiger partial charge in [-0.1, -0.05) is 29.5 Å². The van der Waals surface area contributed by atoms with Crippen molar-refractivity contribution < 1.29 is 19.5 Å². The Balaban J connectivity index is 1.56. The lowest BCUT2D eigenvalue weighted by Gasteiger charge is -2.24. The fraction of sp³-hybridized carbons (Fsp3) is 0.400. The maximum absolute atomic E-state index is 12.6. The molecule has 0 bridgehead atoms. The predicted molar refractivity (Wildman–Crippen MR) is 114 cm³/mol. The van der Waals surface area contributed by atoms with Crippen LogP contribution in [-0.4, -0.2) is 51.6 Å². The van der Waals surface area contributed by atoms with Gasteiger partial charge in [0.1, 0.15) is 0 Å². The fourth-order valence-corrected chi connectivity index (χ4v) is 5.07. The van der Waals surface area contributed by atoms with Crippen molar-refractivity contribution >= 4 is 46.0 Å². The number of amides is 2. The molecule has 2 aromatic rings. The van der Waals surface area contributed by atoms with E-state index in [1.165, 1.54) is 23.1 Å². The number of carbonyl (C=O) groups is 3. The highest BCUT2D eigenvalue weighted by molar-refractivity contribution is 8.01. The number of carbonyl (C=O) groups excluding carboxylic acids is 2. The summed E-state index contributed by atoms with van der Waals surface area (Å²) in [5.74, 6) is -0.543. The Kier molecular flexibility index (Phi) is 6.92. The number of aliphatic carboxylic acids is 1. The topological polar surface area (TPSA) is 99.6 Å². The van der Waals surface area contributed by atoms with E-state index in [4.69, 9.17) is 5.11 Å². The first-order chi connectivity index (χ1) is 13.8. The van der Waals surface area contributed by atoms with E-state index >= 15 is 0 Å². The Morgan fingerprint density at radius 2 is 2.14 bits per heavy atom. The molecular formula is C20H23N3O4S2. The quantitative estimate of drug-likeness (QED) is 0.498. The Morgan fingerprint density at radius 1 is 1.34 bits per heavy atom. The second-order valence-electron chi connectivity index (χ2n) is 7.05. The van der Waals surface area contributed by atoms with Crippen molar-refractivity contribution in [2.24, 2.45) is 0 Å². The number of anilines is 1. The average Bonchev–Trinajstić information content (AvgIpc) is 3.35. The molecule has 0 radical (unpaired) electrons. The molecule has 2 atom stereocenters. The van der Waals surface area contributed by atoms with Crippen LogP contribution in [0.3, 0.4) is 0 Å². The lowest BCUT2D eigenvalue weighted by Crippen LogP contribution is -2.38. The van der Waals surface area contributed by atoms with Crippen LogP contribution in [-0.2, 0) is 4.79 Å². The fourth-order valence-electron chi connectivity index (χ4n) is 3.49. The van der Waals surface area contributed by atoms with Crippen molar-refractivity contribution in [1.29, 1.82) is 0 Å². The lowest BCUT2D eigenvalue weighted by molar-refractivity contribution is -0.133. The van der Waals surface area contributed by atoms with Gasteiger partial charge < -0.3 is 10.0 Å². The summed E-state index contributed by atoms with van der Waals surface area (Å²) in [6.07, 6.45) is 4.29. The molecule has 2 N–H and O–H groups in total. The molecule has 2 amide bonds. The zero-order valence-electron chi connectivity index (χ0n) is 16.3. The van der Waals surface area contributed by atoms with E-state index in [0.717, 1.165) is 34.6 Å². The van der Waals surface area contributed by atoms with Gasteiger partial charge in [0.2, 0.25) is 0 Å². The molecular weight excluding hydrogens is 410 g/mol. The number of hydrogen-bond acceptors (Lipinski definition) is 6. The van der Waals surface area contributed by atoms with Crippen molar-refractivity contribution in [2.45, 2.75) is 42.4 Å². The summed E-state index contributed by atoms with van der Waals surface area (Å²) in [7, 11) is 1.78. The number of urea groups is 1. The number of carboxylic acid groups (broad SMARTS) is 1. The van der Waals surface area contributed by atoms with Crippen molar-refractivity contribution in [1.82, 2.24) is 9.88 Å². The summed E-state index contributed by atoms with van der Waals surface area (Å²) in [6.45, 7) is 1.57. The second-order valence-corrected chi connectivity index (χ2v) is 9.36. The largest absolute Gasteiger partial charge is 0.481 e. The molecule has 1 saturated carbocycles. The Hall–Kier alpha value is -2.39. The molecule has 1 aliphatic carbocycles. The van der Waals surface area contributed by atoms with E-state index in [0.29, 0.717) is 11.0 Å². The van der Waals surface area contributed by atoms with Gasteiger partial charge in [0.05, 0.1) is 16.2 Å². The van der Waals surface area contributed by atoms with Crippen LogP contribution < -0.4 is 5.32 Å².